The van der Waals surface area contributed by atoms with E-state index in [4.69, 9.17) is 0 Å². The number of piperazine rings is 1. The molecule has 1 aliphatic rings. The number of aromatic nitrogens is 1. The number of nitrogens with zero attached hydrogens (tertiary/aromatic N) is 2. The van der Waals surface area contributed by atoms with Gasteiger partial charge in [-0.3, -0.25) is 0 Å². The van der Waals surface area contributed by atoms with E-state index in [-0.39, 0.29) is 0 Å². The molecule has 1 aliphatic heterocycles. The Morgan fingerprint density at radius 1 is 1.09 bits per heavy atom. The minimum Gasteiger partial charge on any atom is -0.368 e. The van der Waals surface area contributed by atoms with Crippen LogP contribution in [0.25, 0.3) is 0 Å². The number of alkyl halides is 3. The molecule has 1 aromatic carbocycles. The molecule has 1 saturated heterocycles. The molecule has 0 aliphatic carbocycles. The van der Waals surface area contributed by atoms with Gasteiger partial charge in [0.15, 0.2) is 0 Å². The van der Waals surface area contributed by atoms with Crippen LogP contribution in [0.15, 0.2) is 52.5 Å². The smallest absolute Gasteiger partial charge is 0.368 e. The van der Waals surface area contributed by atoms with E-state index in [0.29, 0.717) is 9.92 Å². The first-order valence-corrected chi connectivity index (χ1v) is 8.11. The monoisotopic (exact) mass is 339 g/mol. The van der Waals surface area contributed by atoms with Gasteiger partial charge in [-0.05, 0) is 30.3 Å². The highest BCUT2D eigenvalue weighted by Crippen LogP contribution is 2.39. The zero-order chi connectivity index (χ0) is 16.3. The number of hydrogen-bond donors (Lipinski definition) is 1. The van der Waals surface area contributed by atoms with Crippen molar-refractivity contribution in [2.24, 2.45) is 0 Å². The summed E-state index contributed by atoms with van der Waals surface area (Å²) in [6.45, 7) is 3.21. The van der Waals surface area contributed by atoms with Crippen LogP contribution in [0.1, 0.15) is 5.56 Å². The summed E-state index contributed by atoms with van der Waals surface area (Å²) in [6, 6.07) is 9.35. The van der Waals surface area contributed by atoms with Crippen LogP contribution >= 0.6 is 11.8 Å². The lowest BCUT2D eigenvalue weighted by atomic mass is 10.1. The van der Waals surface area contributed by atoms with E-state index in [1.165, 1.54) is 17.8 Å². The lowest BCUT2D eigenvalue weighted by Crippen LogP contribution is -2.43. The number of halogens is 3. The molecule has 1 aromatic heterocycles. The van der Waals surface area contributed by atoms with Gasteiger partial charge in [0, 0.05) is 37.3 Å². The summed E-state index contributed by atoms with van der Waals surface area (Å²) in [5.74, 6) is 0. The number of hydrogen-bond acceptors (Lipinski definition) is 4. The van der Waals surface area contributed by atoms with Crippen molar-refractivity contribution in [3.05, 3.63) is 48.2 Å². The van der Waals surface area contributed by atoms with Gasteiger partial charge < -0.3 is 10.2 Å². The average molecular weight is 339 g/mol. The molecule has 0 radical (unpaired) electrons. The van der Waals surface area contributed by atoms with Gasteiger partial charge in [-0.25, -0.2) is 4.98 Å². The summed E-state index contributed by atoms with van der Waals surface area (Å²) in [7, 11) is 0. The van der Waals surface area contributed by atoms with Crippen LogP contribution in [0.3, 0.4) is 0 Å². The van der Waals surface area contributed by atoms with Crippen molar-refractivity contribution >= 4 is 17.4 Å². The Hall–Kier alpha value is -1.73. The highest BCUT2D eigenvalue weighted by Gasteiger charge is 2.31. The molecule has 0 saturated carbocycles. The Balaban J connectivity index is 1.97. The van der Waals surface area contributed by atoms with E-state index in [2.05, 4.69) is 15.2 Å². The Labute approximate surface area is 136 Å². The first kappa shape index (κ1) is 16.1. The lowest BCUT2D eigenvalue weighted by molar-refractivity contribution is -0.137. The summed E-state index contributed by atoms with van der Waals surface area (Å²) in [6.07, 6.45) is -2.71. The molecule has 0 unspecified atom stereocenters. The molecule has 7 heteroatoms. The third-order valence-corrected chi connectivity index (χ3v) is 4.59. The van der Waals surface area contributed by atoms with Gasteiger partial charge in [-0.15, -0.1) is 0 Å². The van der Waals surface area contributed by atoms with Gasteiger partial charge in [-0.2, -0.15) is 13.2 Å². The van der Waals surface area contributed by atoms with E-state index in [9.17, 15) is 13.2 Å². The van der Waals surface area contributed by atoms with Crippen LogP contribution < -0.4 is 10.2 Å². The first-order chi connectivity index (χ1) is 11.0. The van der Waals surface area contributed by atoms with Crippen molar-refractivity contribution in [3.63, 3.8) is 0 Å². The lowest BCUT2D eigenvalue weighted by Gasteiger charge is -2.31. The fraction of sp³-hybridized carbons (Fsp3) is 0.312. The van der Waals surface area contributed by atoms with E-state index in [0.717, 1.165) is 37.9 Å². The maximum absolute atomic E-state index is 13.0. The molecule has 3 nitrogen and oxygen atoms in total. The van der Waals surface area contributed by atoms with Crippen LogP contribution in [0.4, 0.5) is 18.9 Å². The number of nitrogens with one attached hydrogen (secondary N) is 1. The number of rotatable bonds is 3. The first-order valence-electron chi connectivity index (χ1n) is 7.30. The van der Waals surface area contributed by atoms with Crippen molar-refractivity contribution in [1.82, 2.24) is 10.3 Å². The molecule has 0 spiro atoms. The minimum atomic E-state index is -4.35. The molecule has 0 bridgehead atoms. The van der Waals surface area contributed by atoms with Gasteiger partial charge in [0.2, 0.25) is 0 Å². The predicted octanol–water partition coefficient (Wildman–Crippen LogP) is 3.66. The van der Waals surface area contributed by atoms with E-state index < -0.39 is 11.7 Å². The molecular weight excluding hydrogens is 323 g/mol. The summed E-state index contributed by atoms with van der Waals surface area (Å²) in [5.41, 5.74) is 0.199. The molecular formula is C16H16F3N3S. The zero-order valence-electron chi connectivity index (χ0n) is 12.3. The molecule has 23 heavy (non-hydrogen) atoms. The summed E-state index contributed by atoms with van der Waals surface area (Å²) in [4.78, 5) is 6.90. The largest absolute Gasteiger partial charge is 0.416 e. The molecule has 0 atom stereocenters. The van der Waals surface area contributed by atoms with Crippen molar-refractivity contribution in [3.8, 4) is 0 Å². The molecule has 2 heterocycles. The molecule has 3 rings (SSSR count). The summed E-state index contributed by atoms with van der Waals surface area (Å²) < 4.78 is 39.1. The Kier molecular flexibility index (Phi) is 4.77. The Bertz CT molecular complexity index is 655. The third kappa shape index (κ3) is 3.97. The fourth-order valence-corrected chi connectivity index (χ4v) is 3.43. The third-order valence-electron chi connectivity index (χ3n) is 3.60. The van der Waals surface area contributed by atoms with E-state index >= 15 is 0 Å². The quantitative estimate of drug-likeness (QED) is 0.924. The molecule has 1 fully saturated rings. The number of anilines is 1. The summed E-state index contributed by atoms with van der Waals surface area (Å²) >= 11 is 1.26. The molecule has 2 aromatic rings. The van der Waals surface area contributed by atoms with Gasteiger partial charge in [0.25, 0.3) is 0 Å². The maximum Gasteiger partial charge on any atom is 0.416 e. The van der Waals surface area contributed by atoms with Gasteiger partial charge in [0.1, 0.15) is 5.03 Å². The van der Waals surface area contributed by atoms with Gasteiger partial charge >= 0.3 is 6.18 Å². The zero-order valence-corrected chi connectivity index (χ0v) is 13.1. The normalized spacial score (nSPS) is 15.7. The van der Waals surface area contributed by atoms with Crippen molar-refractivity contribution < 1.29 is 13.2 Å². The highest BCUT2D eigenvalue weighted by molar-refractivity contribution is 7.99. The molecule has 0 amide bonds. The van der Waals surface area contributed by atoms with Crippen LogP contribution in [-0.2, 0) is 6.18 Å². The van der Waals surface area contributed by atoms with Crippen LogP contribution in [0.5, 0.6) is 0 Å². The predicted molar refractivity (Wildman–Crippen MR) is 84.9 cm³/mol. The number of pyridine rings is 1. The maximum atomic E-state index is 13.0. The molecule has 1 N–H and O–H groups in total. The highest BCUT2D eigenvalue weighted by atomic mass is 32.2. The van der Waals surface area contributed by atoms with Crippen LogP contribution in [-0.4, -0.2) is 31.2 Å². The second kappa shape index (κ2) is 6.80. The van der Waals surface area contributed by atoms with E-state index in [1.807, 2.05) is 6.07 Å². The minimum absolute atomic E-state index is 0.584. The second-order valence-corrected chi connectivity index (χ2v) is 6.25. The second-order valence-electron chi connectivity index (χ2n) is 5.19. The topological polar surface area (TPSA) is 28.2 Å². The average Bonchev–Trinajstić information content (AvgIpc) is 2.56. The SMILES string of the molecule is FC(F)(F)c1ccc(N2CCNCC2)c(Sc2ccccn2)c1. The van der Waals surface area contributed by atoms with Crippen LogP contribution in [0.2, 0.25) is 0 Å². The van der Waals surface area contributed by atoms with Gasteiger partial charge in [-0.1, -0.05) is 17.8 Å². The van der Waals surface area contributed by atoms with Crippen molar-refractivity contribution in [1.29, 1.82) is 0 Å². The van der Waals surface area contributed by atoms with E-state index in [1.54, 1.807) is 24.4 Å². The molecule has 122 valence electrons. The van der Waals surface area contributed by atoms with Gasteiger partial charge in [0.05, 0.1) is 11.3 Å². The van der Waals surface area contributed by atoms with Crippen molar-refractivity contribution in [2.75, 3.05) is 31.1 Å². The standard InChI is InChI=1S/C16H16F3N3S/c17-16(18,19)12-4-5-13(22-9-7-20-8-10-22)14(11-12)23-15-3-1-2-6-21-15/h1-6,11,20H,7-10H2. The Morgan fingerprint density at radius 3 is 2.52 bits per heavy atom. The van der Waals surface area contributed by atoms with Crippen molar-refractivity contribution in [2.45, 2.75) is 16.1 Å². The fourth-order valence-electron chi connectivity index (χ4n) is 2.46. The Morgan fingerprint density at radius 2 is 1.87 bits per heavy atom. The summed E-state index contributed by atoms with van der Waals surface area (Å²) in [5, 5.41) is 3.93. The number of benzene rings is 1. The van der Waals surface area contributed by atoms with Crippen LogP contribution in [0, 0.1) is 0 Å².